The van der Waals surface area contributed by atoms with Gasteiger partial charge < -0.3 is 15.1 Å². The summed E-state index contributed by atoms with van der Waals surface area (Å²) in [7, 11) is 0. The molecule has 2 aromatic rings. The summed E-state index contributed by atoms with van der Waals surface area (Å²) in [6.45, 7) is 1.79. The van der Waals surface area contributed by atoms with Crippen LogP contribution >= 0.6 is 0 Å². The van der Waals surface area contributed by atoms with Crippen molar-refractivity contribution in [1.29, 1.82) is 0 Å². The first-order chi connectivity index (χ1) is 12.9. The van der Waals surface area contributed by atoms with Crippen LogP contribution in [0.15, 0.2) is 48.5 Å². The minimum atomic E-state index is -4.49. The minimum absolute atomic E-state index is 0.0751. The fourth-order valence-corrected chi connectivity index (χ4v) is 3.08. The molecule has 1 N–H and O–H groups in total. The van der Waals surface area contributed by atoms with Crippen molar-refractivity contribution in [3.63, 3.8) is 0 Å². The number of halogens is 3. The second kappa shape index (κ2) is 7.69. The molecule has 2 amide bonds. The van der Waals surface area contributed by atoms with Crippen molar-refractivity contribution in [2.24, 2.45) is 0 Å². The Balaban J connectivity index is 1.74. The third-order valence-electron chi connectivity index (χ3n) is 4.47. The highest BCUT2D eigenvalue weighted by Crippen LogP contribution is 2.35. The van der Waals surface area contributed by atoms with Gasteiger partial charge in [0.2, 0.25) is 6.41 Å². The predicted molar refractivity (Wildman–Crippen MR) is 95.7 cm³/mol. The number of hydrogen-bond acceptors (Lipinski definition) is 3. The molecule has 1 aliphatic heterocycles. The summed E-state index contributed by atoms with van der Waals surface area (Å²) in [5, 5.41) is 2.34. The van der Waals surface area contributed by atoms with Crippen LogP contribution in [0.2, 0.25) is 0 Å². The molecule has 0 spiro atoms. The lowest BCUT2D eigenvalue weighted by molar-refractivity contribution is -0.137. The van der Waals surface area contributed by atoms with E-state index in [1.54, 1.807) is 29.2 Å². The summed E-state index contributed by atoms with van der Waals surface area (Å²) in [6.07, 6.45) is -4.13. The number of carbonyl (C=O) groups excluding carboxylic acids is 2. The molecule has 2 aromatic carbocycles. The summed E-state index contributed by atoms with van der Waals surface area (Å²) in [6, 6.07) is 12.2. The van der Waals surface area contributed by atoms with Crippen LogP contribution in [-0.4, -0.2) is 43.4 Å². The van der Waals surface area contributed by atoms with E-state index in [-0.39, 0.29) is 11.6 Å². The van der Waals surface area contributed by atoms with E-state index in [4.69, 9.17) is 0 Å². The molecular weight excluding hydrogens is 359 g/mol. The molecule has 0 atom stereocenters. The van der Waals surface area contributed by atoms with E-state index in [0.29, 0.717) is 43.8 Å². The maximum absolute atomic E-state index is 12.9. The van der Waals surface area contributed by atoms with Crippen LogP contribution in [0.3, 0.4) is 0 Å². The molecule has 0 aliphatic carbocycles. The number of anilines is 2. The number of carbonyl (C=O) groups is 2. The first-order valence-electron chi connectivity index (χ1n) is 8.41. The van der Waals surface area contributed by atoms with E-state index >= 15 is 0 Å². The second-order valence-corrected chi connectivity index (χ2v) is 6.14. The molecule has 27 heavy (non-hydrogen) atoms. The topological polar surface area (TPSA) is 52.7 Å². The van der Waals surface area contributed by atoms with Crippen molar-refractivity contribution in [2.75, 3.05) is 36.4 Å². The highest BCUT2D eigenvalue weighted by molar-refractivity contribution is 5.94. The SMILES string of the molecule is O=CNc1cc(C(F)(F)F)ccc1N1CCN(C(=O)c2ccccc2)CC1. The summed E-state index contributed by atoms with van der Waals surface area (Å²) < 4.78 is 38.7. The molecule has 1 aliphatic rings. The average molecular weight is 377 g/mol. The van der Waals surface area contributed by atoms with Crippen LogP contribution in [0.4, 0.5) is 24.5 Å². The zero-order valence-electron chi connectivity index (χ0n) is 14.4. The Hall–Kier alpha value is -3.03. The van der Waals surface area contributed by atoms with Crippen LogP contribution < -0.4 is 10.2 Å². The lowest BCUT2D eigenvalue weighted by Crippen LogP contribution is -2.49. The van der Waals surface area contributed by atoms with Gasteiger partial charge in [0.1, 0.15) is 0 Å². The Morgan fingerprint density at radius 1 is 1.00 bits per heavy atom. The summed E-state index contributed by atoms with van der Waals surface area (Å²) in [4.78, 5) is 26.9. The van der Waals surface area contributed by atoms with Gasteiger partial charge >= 0.3 is 6.18 Å². The highest BCUT2D eigenvalue weighted by Gasteiger charge is 2.32. The number of alkyl halides is 3. The largest absolute Gasteiger partial charge is 0.416 e. The lowest BCUT2D eigenvalue weighted by Gasteiger charge is -2.37. The quantitative estimate of drug-likeness (QED) is 0.833. The van der Waals surface area contributed by atoms with Crippen molar-refractivity contribution >= 4 is 23.7 Å². The lowest BCUT2D eigenvalue weighted by atomic mass is 10.1. The second-order valence-electron chi connectivity index (χ2n) is 6.14. The first-order valence-corrected chi connectivity index (χ1v) is 8.41. The summed E-state index contributed by atoms with van der Waals surface area (Å²) in [5.41, 5.74) is 0.377. The van der Waals surface area contributed by atoms with Crippen molar-refractivity contribution in [1.82, 2.24) is 4.90 Å². The molecule has 0 bridgehead atoms. The van der Waals surface area contributed by atoms with Gasteiger partial charge in [0.05, 0.1) is 16.9 Å². The van der Waals surface area contributed by atoms with Gasteiger partial charge in [-0.1, -0.05) is 18.2 Å². The van der Waals surface area contributed by atoms with E-state index in [1.807, 2.05) is 11.0 Å². The van der Waals surface area contributed by atoms with E-state index < -0.39 is 11.7 Å². The van der Waals surface area contributed by atoms with Gasteiger partial charge in [-0.05, 0) is 30.3 Å². The summed E-state index contributed by atoms with van der Waals surface area (Å²) >= 11 is 0. The van der Waals surface area contributed by atoms with Gasteiger partial charge in [-0.15, -0.1) is 0 Å². The fourth-order valence-electron chi connectivity index (χ4n) is 3.08. The minimum Gasteiger partial charge on any atom is -0.366 e. The Morgan fingerprint density at radius 3 is 2.26 bits per heavy atom. The van der Waals surface area contributed by atoms with Gasteiger partial charge in [-0.2, -0.15) is 13.2 Å². The Bertz CT molecular complexity index is 817. The van der Waals surface area contributed by atoms with Gasteiger partial charge in [0.25, 0.3) is 5.91 Å². The summed E-state index contributed by atoms with van der Waals surface area (Å²) in [5.74, 6) is -0.0751. The molecule has 1 heterocycles. The Kier molecular flexibility index (Phi) is 5.34. The molecule has 5 nitrogen and oxygen atoms in total. The van der Waals surface area contributed by atoms with Crippen LogP contribution in [0.5, 0.6) is 0 Å². The smallest absolute Gasteiger partial charge is 0.366 e. The molecule has 0 unspecified atom stereocenters. The molecule has 1 fully saturated rings. The van der Waals surface area contributed by atoms with Crippen LogP contribution in [-0.2, 0) is 11.0 Å². The van der Waals surface area contributed by atoms with Crippen LogP contribution in [0.1, 0.15) is 15.9 Å². The molecule has 142 valence electrons. The Labute approximate surface area is 154 Å². The van der Waals surface area contributed by atoms with Gasteiger partial charge in [-0.3, -0.25) is 9.59 Å². The Morgan fingerprint density at radius 2 is 1.67 bits per heavy atom. The number of piperazine rings is 1. The van der Waals surface area contributed by atoms with Gasteiger partial charge in [0.15, 0.2) is 0 Å². The molecule has 0 radical (unpaired) electrons. The molecule has 0 aromatic heterocycles. The van der Waals surface area contributed by atoms with Crippen molar-refractivity contribution in [3.8, 4) is 0 Å². The normalized spacial score (nSPS) is 14.8. The number of hydrogen-bond donors (Lipinski definition) is 1. The monoisotopic (exact) mass is 377 g/mol. The van der Waals surface area contributed by atoms with Crippen LogP contribution in [0.25, 0.3) is 0 Å². The zero-order chi connectivity index (χ0) is 19.4. The number of amides is 2. The number of nitrogens with one attached hydrogen (secondary N) is 1. The number of nitrogens with zero attached hydrogens (tertiary/aromatic N) is 2. The molecule has 1 saturated heterocycles. The fraction of sp³-hybridized carbons (Fsp3) is 0.263. The number of benzene rings is 2. The molecule has 0 saturated carbocycles. The van der Waals surface area contributed by atoms with Gasteiger partial charge in [-0.25, -0.2) is 0 Å². The van der Waals surface area contributed by atoms with Crippen molar-refractivity contribution in [2.45, 2.75) is 6.18 Å². The average Bonchev–Trinajstić information content (AvgIpc) is 2.68. The third kappa shape index (κ3) is 4.21. The van der Waals surface area contributed by atoms with E-state index in [1.165, 1.54) is 6.07 Å². The van der Waals surface area contributed by atoms with Crippen LogP contribution in [0, 0.1) is 0 Å². The van der Waals surface area contributed by atoms with Crippen molar-refractivity contribution in [3.05, 3.63) is 59.7 Å². The maximum Gasteiger partial charge on any atom is 0.416 e. The predicted octanol–water partition coefficient (Wildman–Crippen LogP) is 3.24. The standard InChI is InChI=1S/C19H18F3N3O2/c20-19(21,22)15-6-7-17(16(12-15)23-13-26)24-8-10-25(11-9-24)18(27)14-4-2-1-3-5-14/h1-7,12-13H,8-11H2,(H,23,26). The van der Waals surface area contributed by atoms with Gasteiger partial charge in [0, 0.05) is 31.7 Å². The highest BCUT2D eigenvalue weighted by atomic mass is 19.4. The molecule has 8 heteroatoms. The maximum atomic E-state index is 12.9. The van der Waals surface area contributed by atoms with E-state index in [2.05, 4.69) is 5.32 Å². The number of rotatable bonds is 4. The zero-order valence-corrected chi connectivity index (χ0v) is 14.4. The third-order valence-corrected chi connectivity index (χ3v) is 4.47. The molecule has 3 rings (SSSR count). The molecular formula is C19H18F3N3O2. The van der Waals surface area contributed by atoms with Crippen molar-refractivity contribution < 1.29 is 22.8 Å². The van der Waals surface area contributed by atoms with E-state index in [9.17, 15) is 22.8 Å². The van der Waals surface area contributed by atoms with E-state index in [0.717, 1.165) is 12.1 Å². The first kappa shape index (κ1) is 18.8.